The maximum absolute atomic E-state index is 12.9. The van der Waals surface area contributed by atoms with E-state index in [0.29, 0.717) is 23.1 Å². The molecule has 1 aliphatic rings. The summed E-state index contributed by atoms with van der Waals surface area (Å²) in [5, 5.41) is 1.04. The van der Waals surface area contributed by atoms with Crippen molar-refractivity contribution in [2.75, 3.05) is 10.8 Å². The summed E-state index contributed by atoms with van der Waals surface area (Å²) in [5.41, 5.74) is 2.85. The molecule has 0 amide bonds. The van der Waals surface area contributed by atoms with Gasteiger partial charge in [-0.2, -0.15) is 0 Å². The average Bonchev–Trinajstić information content (AvgIpc) is 3.12. The summed E-state index contributed by atoms with van der Waals surface area (Å²) < 4.78 is 27.9. The van der Waals surface area contributed by atoms with Gasteiger partial charge < -0.3 is 0 Å². The Labute approximate surface area is 143 Å². The maximum atomic E-state index is 12.9. The highest BCUT2D eigenvalue weighted by Gasteiger charge is 2.33. The number of nitrogens with zero attached hydrogens (tertiary/aromatic N) is 2. The van der Waals surface area contributed by atoms with E-state index in [1.54, 1.807) is 12.1 Å². The van der Waals surface area contributed by atoms with Crippen molar-refractivity contribution in [2.24, 2.45) is 0 Å². The number of pyridine rings is 1. The van der Waals surface area contributed by atoms with Crippen molar-refractivity contribution in [3.8, 4) is 0 Å². The van der Waals surface area contributed by atoms with Crippen molar-refractivity contribution >= 4 is 49.7 Å². The van der Waals surface area contributed by atoms with Crippen LogP contribution in [0.3, 0.4) is 0 Å². The summed E-state index contributed by atoms with van der Waals surface area (Å²) in [5.74, 6) is 0.538. The number of anilines is 1. The van der Waals surface area contributed by atoms with Gasteiger partial charge in [0.1, 0.15) is 10.0 Å². The summed E-state index contributed by atoms with van der Waals surface area (Å²) in [6.45, 7) is 2.39. The number of fused-ring (bicyclic) bond motifs is 2. The molecule has 0 spiro atoms. The van der Waals surface area contributed by atoms with Gasteiger partial charge in [-0.1, -0.05) is 29.8 Å². The minimum atomic E-state index is -3.61. The summed E-state index contributed by atoms with van der Waals surface area (Å²) >= 11 is 6.96. The molecule has 0 saturated heterocycles. The van der Waals surface area contributed by atoms with Gasteiger partial charge in [0.05, 0.1) is 9.85 Å². The fraction of sp³-hybridized carbons (Fsp3) is 0.188. The summed E-state index contributed by atoms with van der Waals surface area (Å²) in [7, 11) is -3.61. The van der Waals surface area contributed by atoms with Crippen molar-refractivity contribution in [3.63, 3.8) is 0 Å². The van der Waals surface area contributed by atoms with Crippen LogP contribution in [0.5, 0.6) is 0 Å². The highest BCUT2D eigenvalue weighted by molar-refractivity contribution is 7.94. The largest absolute Gasteiger partial charge is 0.275 e. The van der Waals surface area contributed by atoms with Gasteiger partial charge in [0.2, 0.25) is 0 Å². The smallest absolute Gasteiger partial charge is 0.248 e. The second kappa shape index (κ2) is 5.19. The summed E-state index contributed by atoms with van der Waals surface area (Å²) in [6.07, 6.45) is 0.671. The molecular weight excluding hydrogens is 352 g/mol. The van der Waals surface area contributed by atoms with Gasteiger partial charge >= 0.3 is 0 Å². The molecule has 0 N–H and O–H groups in total. The molecule has 2 aromatic heterocycles. The standard InChI is InChI=1S/C16H13ClN2O2S2/c1-10-3-2-4-11-9-12-7-8-19(16(12)18-15(10)11)23(20,21)14-6-5-13(17)22-14/h2-6,9H,7-8H2,1H3. The van der Waals surface area contributed by atoms with Crippen LogP contribution >= 0.6 is 22.9 Å². The second-order valence-electron chi connectivity index (χ2n) is 5.50. The molecule has 0 saturated carbocycles. The van der Waals surface area contributed by atoms with E-state index >= 15 is 0 Å². The molecule has 3 heterocycles. The van der Waals surface area contributed by atoms with Gasteiger partial charge in [-0.25, -0.2) is 17.7 Å². The predicted octanol–water partition coefficient (Wildman–Crippen LogP) is 4.01. The molecule has 0 bridgehead atoms. The van der Waals surface area contributed by atoms with Gasteiger partial charge in [0, 0.05) is 11.9 Å². The monoisotopic (exact) mass is 364 g/mol. The predicted molar refractivity (Wildman–Crippen MR) is 94.0 cm³/mol. The van der Waals surface area contributed by atoms with Gasteiger partial charge in [-0.05, 0) is 42.7 Å². The quantitative estimate of drug-likeness (QED) is 0.690. The van der Waals surface area contributed by atoms with E-state index in [1.807, 2.05) is 31.2 Å². The number of aryl methyl sites for hydroxylation is 1. The van der Waals surface area contributed by atoms with E-state index in [-0.39, 0.29) is 4.21 Å². The Bertz CT molecular complexity index is 1030. The second-order valence-corrected chi connectivity index (χ2v) is 9.31. The molecule has 0 aliphatic carbocycles. The zero-order valence-electron chi connectivity index (χ0n) is 12.3. The number of thiophene rings is 1. The van der Waals surface area contributed by atoms with Crippen LogP contribution in [0.4, 0.5) is 5.82 Å². The molecule has 1 aliphatic heterocycles. The molecule has 0 unspecified atom stereocenters. The number of benzene rings is 1. The van der Waals surface area contributed by atoms with Crippen LogP contribution in [0.15, 0.2) is 40.6 Å². The number of sulfonamides is 1. The van der Waals surface area contributed by atoms with Crippen LogP contribution in [0.2, 0.25) is 4.34 Å². The first kappa shape index (κ1) is 14.9. The molecule has 4 rings (SSSR count). The molecule has 7 heteroatoms. The van der Waals surface area contributed by atoms with E-state index in [4.69, 9.17) is 11.6 Å². The molecular formula is C16H13ClN2O2S2. The van der Waals surface area contributed by atoms with Crippen LogP contribution in [-0.2, 0) is 16.4 Å². The lowest BCUT2D eigenvalue weighted by molar-refractivity contribution is 0.594. The third-order valence-electron chi connectivity index (χ3n) is 4.02. The van der Waals surface area contributed by atoms with Crippen LogP contribution in [-0.4, -0.2) is 19.9 Å². The van der Waals surface area contributed by atoms with Crippen molar-refractivity contribution in [1.82, 2.24) is 4.98 Å². The number of hydrogen-bond acceptors (Lipinski definition) is 4. The molecule has 23 heavy (non-hydrogen) atoms. The summed E-state index contributed by atoms with van der Waals surface area (Å²) in [4.78, 5) is 4.65. The van der Waals surface area contributed by atoms with E-state index in [2.05, 4.69) is 4.98 Å². The van der Waals surface area contributed by atoms with Gasteiger partial charge in [-0.15, -0.1) is 11.3 Å². The van der Waals surface area contributed by atoms with E-state index in [0.717, 1.165) is 33.4 Å². The number of para-hydroxylation sites is 1. The molecule has 1 aromatic carbocycles. The fourth-order valence-corrected chi connectivity index (χ4v) is 5.94. The van der Waals surface area contributed by atoms with Crippen LogP contribution in [0.1, 0.15) is 11.1 Å². The third-order valence-corrected chi connectivity index (χ3v) is 7.51. The Kier molecular flexibility index (Phi) is 3.37. The highest BCUT2D eigenvalue weighted by Crippen LogP contribution is 2.36. The third kappa shape index (κ3) is 2.33. The van der Waals surface area contributed by atoms with Crippen LogP contribution in [0.25, 0.3) is 10.9 Å². The normalized spacial score (nSPS) is 14.4. The van der Waals surface area contributed by atoms with E-state index < -0.39 is 10.0 Å². The molecule has 3 aromatic rings. The zero-order chi connectivity index (χ0) is 16.2. The van der Waals surface area contributed by atoms with E-state index in [1.165, 1.54) is 4.31 Å². The molecule has 118 valence electrons. The average molecular weight is 365 g/mol. The molecule has 0 radical (unpaired) electrons. The molecule has 0 fully saturated rings. The number of halogens is 1. The van der Waals surface area contributed by atoms with E-state index in [9.17, 15) is 8.42 Å². The Morgan fingerprint density at radius 3 is 2.83 bits per heavy atom. The van der Waals surface area contributed by atoms with Gasteiger partial charge in [0.25, 0.3) is 10.0 Å². The number of hydrogen-bond donors (Lipinski definition) is 0. The Morgan fingerprint density at radius 1 is 1.26 bits per heavy atom. The van der Waals surface area contributed by atoms with Crippen molar-refractivity contribution in [1.29, 1.82) is 0 Å². The zero-order valence-corrected chi connectivity index (χ0v) is 14.7. The Balaban J connectivity index is 1.88. The van der Waals surface area contributed by atoms with Crippen molar-refractivity contribution < 1.29 is 8.42 Å². The number of aromatic nitrogens is 1. The van der Waals surface area contributed by atoms with Crippen molar-refractivity contribution in [2.45, 2.75) is 17.6 Å². The van der Waals surface area contributed by atoms with Crippen LogP contribution in [0, 0.1) is 6.92 Å². The topological polar surface area (TPSA) is 50.3 Å². The summed E-state index contributed by atoms with van der Waals surface area (Å²) in [6, 6.07) is 11.2. The lowest BCUT2D eigenvalue weighted by Crippen LogP contribution is -2.29. The number of rotatable bonds is 2. The molecule has 4 nitrogen and oxygen atoms in total. The minimum Gasteiger partial charge on any atom is -0.248 e. The van der Waals surface area contributed by atoms with Crippen molar-refractivity contribution in [3.05, 3.63) is 51.9 Å². The fourth-order valence-electron chi connectivity index (χ4n) is 2.89. The molecule has 0 atom stereocenters. The SMILES string of the molecule is Cc1cccc2cc3c(nc12)N(S(=O)(=O)c1ccc(Cl)s1)CC3. The first-order chi connectivity index (χ1) is 11.0. The Hall–Kier alpha value is -1.63. The van der Waals surface area contributed by atoms with Gasteiger partial charge in [-0.3, -0.25) is 0 Å². The highest BCUT2D eigenvalue weighted by atomic mass is 35.5. The lowest BCUT2D eigenvalue weighted by Gasteiger charge is -2.18. The minimum absolute atomic E-state index is 0.252. The first-order valence-electron chi connectivity index (χ1n) is 7.14. The maximum Gasteiger partial charge on any atom is 0.275 e. The first-order valence-corrected chi connectivity index (χ1v) is 9.77. The Morgan fingerprint density at radius 2 is 2.09 bits per heavy atom. The lowest BCUT2D eigenvalue weighted by atomic mass is 10.1. The van der Waals surface area contributed by atoms with Crippen LogP contribution < -0.4 is 4.31 Å². The van der Waals surface area contributed by atoms with Gasteiger partial charge in [0.15, 0.2) is 0 Å².